The van der Waals surface area contributed by atoms with E-state index in [-0.39, 0.29) is 0 Å². The van der Waals surface area contributed by atoms with E-state index in [2.05, 4.69) is 50.8 Å². The Morgan fingerprint density at radius 3 is 2.72 bits per heavy atom. The molecule has 0 aromatic carbocycles. The predicted molar refractivity (Wildman–Crippen MR) is 78.5 cm³/mol. The lowest BCUT2D eigenvalue weighted by Gasteiger charge is -2.36. The molecule has 18 heavy (non-hydrogen) atoms. The standard InChI is InChI=1S/C14H22BrN3/c1-3-18-6-4-14(5-7-18)17(2)11-12-8-13(15)10-16-9-12/h8-10,14H,3-7,11H2,1-2H3. The van der Waals surface area contributed by atoms with Crippen molar-refractivity contribution in [2.45, 2.75) is 32.4 Å². The van der Waals surface area contributed by atoms with Gasteiger partial charge in [0.15, 0.2) is 0 Å². The lowest BCUT2D eigenvalue weighted by molar-refractivity contribution is 0.127. The first-order valence-corrected chi connectivity index (χ1v) is 7.50. The molecule has 0 bridgehead atoms. The van der Waals surface area contributed by atoms with Crippen LogP contribution in [0.1, 0.15) is 25.3 Å². The zero-order valence-electron chi connectivity index (χ0n) is 11.3. The van der Waals surface area contributed by atoms with Crippen LogP contribution in [-0.4, -0.2) is 47.5 Å². The van der Waals surface area contributed by atoms with Crippen LogP contribution in [0.4, 0.5) is 0 Å². The molecule has 100 valence electrons. The molecule has 0 N–H and O–H groups in total. The average Bonchev–Trinajstić information content (AvgIpc) is 2.39. The van der Waals surface area contributed by atoms with E-state index in [1.807, 2.05) is 12.4 Å². The minimum atomic E-state index is 0.715. The van der Waals surface area contributed by atoms with Crippen LogP contribution in [0.3, 0.4) is 0 Å². The number of hydrogen-bond acceptors (Lipinski definition) is 3. The first-order chi connectivity index (χ1) is 8.69. The molecule has 0 atom stereocenters. The number of pyridine rings is 1. The van der Waals surface area contributed by atoms with Gasteiger partial charge in [0.1, 0.15) is 0 Å². The normalized spacial score (nSPS) is 18.4. The van der Waals surface area contributed by atoms with Crippen LogP contribution in [-0.2, 0) is 6.54 Å². The fourth-order valence-corrected chi connectivity index (χ4v) is 3.05. The molecular formula is C14H22BrN3. The lowest BCUT2D eigenvalue weighted by Crippen LogP contribution is -2.42. The summed E-state index contributed by atoms with van der Waals surface area (Å²) in [5, 5.41) is 0. The number of piperidine rings is 1. The number of hydrogen-bond donors (Lipinski definition) is 0. The molecule has 1 saturated heterocycles. The van der Waals surface area contributed by atoms with E-state index < -0.39 is 0 Å². The van der Waals surface area contributed by atoms with Gasteiger partial charge in [0.05, 0.1) is 0 Å². The second kappa shape index (κ2) is 6.64. The number of likely N-dealkylation sites (tertiary alicyclic amines) is 1. The third-order valence-corrected chi connectivity index (χ3v) is 4.25. The van der Waals surface area contributed by atoms with Crippen LogP contribution in [0.2, 0.25) is 0 Å². The molecule has 0 saturated carbocycles. The first kappa shape index (κ1) is 14.0. The molecule has 1 aliphatic heterocycles. The van der Waals surface area contributed by atoms with Crippen molar-refractivity contribution in [3.63, 3.8) is 0 Å². The Labute approximate surface area is 118 Å². The molecule has 3 nitrogen and oxygen atoms in total. The Balaban J connectivity index is 1.87. The van der Waals surface area contributed by atoms with E-state index in [1.165, 1.54) is 38.0 Å². The first-order valence-electron chi connectivity index (χ1n) is 6.71. The second-order valence-electron chi connectivity index (χ2n) is 5.09. The van der Waals surface area contributed by atoms with Crippen molar-refractivity contribution in [3.05, 3.63) is 28.5 Å². The highest BCUT2D eigenvalue weighted by Gasteiger charge is 2.21. The molecule has 0 aliphatic carbocycles. The van der Waals surface area contributed by atoms with Crippen molar-refractivity contribution in [1.29, 1.82) is 0 Å². The van der Waals surface area contributed by atoms with Crippen LogP contribution >= 0.6 is 15.9 Å². The maximum Gasteiger partial charge on any atom is 0.0410 e. The average molecular weight is 312 g/mol. The Morgan fingerprint density at radius 1 is 1.39 bits per heavy atom. The van der Waals surface area contributed by atoms with E-state index >= 15 is 0 Å². The number of halogens is 1. The Kier molecular flexibility index (Phi) is 5.15. The lowest BCUT2D eigenvalue weighted by atomic mass is 10.0. The maximum atomic E-state index is 4.23. The van der Waals surface area contributed by atoms with Gasteiger partial charge < -0.3 is 4.90 Å². The van der Waals surface area contributed by atoms with Gasteiger partial charge in [-0.25, -0.2) is 0 Å². The zero-order valence-corrected chi connectivity index (χ0v) is 12.9. The second-order valence-corrected chi connectivity index (χ2v) is 6.01. The number of nitrogens with zero attached hydrogens (tertiary/aromatic N) is 3. The predicted octanol–water partition coefficient (Wildman–Crippen LogP) is 2.76. The molecule has 1 aliphatic rings. The molecule has 4 heteroatoms. The molecule has 0 amide bonds. The molecular weight excluding hydrogens is 290 g/mol. The fourth-order valence-electron chi connectivity index (χ4n) is 2.64. The smallest absolute Gasteiger partial charge is 0.0410 e. The highest BCUT2D eigenvalue weighted by Crippen LogP contribution is 2.18. The van der Waals surface area contributed by atoms with Crippen molar-refractivity contribution >= 4 is 15.9 Å². The number of rotatable bonds is 4. The van der Waals surface area contributed by atoms with E-state index in [1.54, 1.807) is 0 Å². The van der Waals surface area contributed by atoms with Gasteiger partial charge in [0, 0.05) is 29.5 Å². The van der Waals surface area contributed by atoms with Crippen molar-refractivity contribution in [3.8, 4) is 0 Å². The summed E-state index contributed by atoms with van der Waals surface area (Å²) in [7, 11) is 2.23. The van der Waals surface area contributed by atoms with Gasteiger partial charge in [-0.15, -0.1) is 0 Å². The Hall–Kier alpha value is -0.450. The third-order valence-electron chi connectivity index (χ3n) is 3.82. The van der Waals surface area contributed by atoms with Crippen molar-refractivity contribution < 1.29 is 0 Å². The molecule has 0 spiro atoms. The van der Waals surface area contributed by atoms with Crippen LogP contribution in [0, 0.1) is 0 Å². The van der Waals surface area contributed by atoms with Crippen LogP contribution in [0.5, 0.6) is 0 Å². The minimum Gasteiger partial charge on any atom is -0.303 e. The molecule has 0 unspecified atom stereocenters. The zero-order chi connectivity index (χ0) is 13.0. The van der Waals surface area contributed by atoms with Crippen molar-refractivity contribution in [1.82, 2.24) is 14.8 Å². The quantitative estimate of drug-likeness (QED) is 0.852. The van der Waals surface area contributed by atoms with E-state index in [4.69, 9.17) is 0 Å². The largest absolute Gasteiger partial charge is 0.303 e. The summed E-state index contributed by atoms with van der Waals surface area (Å²) >= 11 is 3.48. The van der Waals surface area contributed by atoms with Gasteiger partial charge in [0.2, 0.25) is 0 Å². The molecule has 2 rings (SSSR count). The van der Waals surface area contributed by atoms with Gasteiger partial charge in [-0.2, -0.15) is 0 Å². The number of aromatic nitrogens is 1. The summed E-state index contributed by atoms with van der Waals surface area (Å²) in [5.41, 5.74) is 1.28. The summed E-state index contributed by atoms with van der Waals surface area (Å²) in [6.45, 7) is 6.90. The van der Waals surface area contributed by atoms with E-state index in [9.17, 15) is 0 Å². The Morgan fingerprint density at radius 2 is 2.11 bits per heavy atom. The van der Waals surface area contributed by atoms with Gasteiger partial charge in [-0.05, 0) is 67.1 Å². The van der Waals surface area contributed by atoms with Crippen LogP contribution in [0.15, 0.2) is 22.9 Å². The topological polar surface area (TPSA) is 19.4 Å². The summed E-state index contributed by atoms with van der Waals surface area (Å²) in [6, 6.07) is 2.87. The highest BCUT2D eigenvalue weighted by atomic mass is 79.9. The van der Waals surface area contributed by atoms with Gasteiger partial charge in [-0.3, -0.25) is 9.88 Å². The monoisotopic (exact) mass is 311 g/mol. The Bertz CT molecular complexity index is 375. The highest BCUT2D eigenvalue weighted by molar-refractivity contribution is 9.10. The SMILES string of the molecule is CCN1CCC(N(C)Cc2cncc(Br)c2)CC1. The third kappa shape index (κ3) is 3.77. The van der Waals surface area contributed by atoms with E-state index in [0.29, 0.717) is 6.04 Å². The van der Waals surface area contributed by atoms with Gasteiger partial charge in [0.25, 0.3) is 0 Å². The summed E-state index contributed by atoms with van der Waals surface area (Å²) in [4.78, 5) is 9.23. The summed E-state index contributed by atoms with van der Waals surface area (Å²) < 4.78 is 1.06. The van der Waals surface area contributed by atoms with Crippen molar-refractivity contribution in [2.24, 2.45) is 0 Å². The summed E-state index contributed by atoms with van der Waals surface area (Å²) in [5.74, 6) is 0. The van der Waals surface area contributed by atoms with Crippen LogP contribution < -0.4 is 0 Å². The molecule has 1 aromatic rings. The minimum absolute atomic E-state index is 0.715. The molecule has 2 heterocycles. The molecule has 1 fully saturated rings. The van der Waals surface area contributed by atoms with Crippen molar-refractivity contribution in [2.75, 3.05) is 26.7 Å². The van der Waals surface area contributed by atoms with Gasteiger partial charge >= 0.3 is 0 Å². The van der Waals surface area contributed by atoms with Gasteiger partial charge in [-0.1, -0.05) is 6.92 Å². The summed E-state index contributed by atoms with van der Waals surface area (Å²) in [6.07, 6.45) is 6.36. The molecule has 0 radical (unpaired) electrons. The van der Waals surface area contributed by atoms with E-state index in [0.717, 1.165) is 11.0 Å². The molecule has 1 aromatic heterocycles. The maximum absolute atomic E-state index is 4.23. The fraction of sp³-hybridized carbons (Fsp3) is 0.643. The van der Waals surface area contributed by atoms with Crippen LogP contribution in [0.25, 0.3) is 0 Å².